The highest BCUT2D eigenvalue weighted by atomic mass is 15.2. The van der Waals surface area contributed by atoms with Gasteiger partial charge in [0.1, 0.15) is 0 Å². The van der Waals surface area contributed by atoms with Crippen molar-refractivity contribution in [2.75, 3.05) is 24.7 Å². The number of anilines is 2. The third-order valence-electron chi connectivity index (χ3n) is 1.46. The van der Waals surface area contributed by atoms with E-state index in [4.69, 9.17) is 0 Å². The van der Waals surface area contributed by atoms with E-state index in [1.807, 2.05) is 6.92 Å². The monoisotopic (exact) mass is 179 g/mol. The van der Waals surface area contributed by atoms with Crippen molar-refractivity contribution in [3.63, 3.8) is 0 Å². The predicted octanol–water partition coefficient (Wildman–Crippen LogP) is 0.988. The van der Waals surface area contributed by atoms with Crippen LogP contribution >= 0.6 is 0 Å². The highest BCUT2D eigenvalue weighted by Crippen LogP contribution is 2.10. The number of nitrogens with zero attached hydrogens (tertiary/aromatic N) is 3. The summed E-state index contributed by atoms with van der Waals surface area (Å²) >= 11 is 0. The Morgan fingerprint density at radius 1 is 1.08 bits per heavy atom. The van der Waals surface area contributed by atoms with Crippen LogP contribution in [0, 0.1) is 0 Å². The van der Waals surface area contributed by atoms with Crippen LogP contribution in [0.1, 0.15) is 12.7 Å². The third-order valence-corrected chi connectivity index (χ3v) is 1.46. The summed E-state index contributed by atoms with van der Waals surface area (Å²) in [5.41, 5.74) is 0.815. The highest BCUT2D eigenvalue weighted by molar-refractivity contribution is 5.56. The maximum atomic E-state index is 4.13. The van der Waals surface area contributed by atoms with Gasteiger partial charge in [-0.1, -0.05) is 6.58 Å². The Balaban J connectivity index is 3.14. The van der Waals surface area contributed by atoms with Gasteiger partial charge in [0.2, 0.25) is 11.9 Å². The lowest BCUT2D eigenvalue weighted by Crippen LogP contribution is -2.06. The molecule has 0 radical (unpaired) electrons. The summed E-state index contributed by atoms with van der Waals surface area (Å²) in [7, 11) is 3.52. The van der Waals surface area contributed by atoms with Crippen LogP contribution in [-0.4, -0.2) is 29.0 Å². The van der Waals surface area contributed by atoms with Gasteiger partial charge in [0, 0.05) is 14.1 Å². The lowest BCUT2D eigenvalue weighted by molar-refractivity contribution is 1.02. The largest absolute Gasteiger partial charge is 0.357 e. The molecule has 5 nitrogen and oxygen atoms in total. The summed E-state index contributed by atoms with van der Waals surface area (Å²) in [4.78, 5) is 12.3. The molecule has 2 N–H and O–H groups in total. The number of nitrogens with one attached hydrogen (secondary N) is 2. The molecule has 0 unspecified atom stereocenters. The lowest BCUT2D eigenvalue weighted by atomic mass is 10.3. The molecule has 0 aliphatic rings. The average Bonchev–Trinajstić information content (AvgIpc) is 2.16. The van der Waals surface area contributed by atoms with Gasteiger partial charge in [-0.2, -0.15) is 15.0 Å². The summed E-state index contributed by atoms with van der Waals surface area (Å²) in [6.07, 6.45) is 0. The Morgan fingerprint density at radius 3 is 1.85 bits per heavy atom. The van der Waals surface area contributed by atoms with Crippen LogP contribution in [-0.2, 0) is 0 Å². The number of hydrogen-bond acceptors (Lipinski definition) is 5. The molecule has 1 aromatic rings. The Bertz CT molecular complexity index is 298. The molecule has 0 aliphatic carbocycles. The minimum atomic E-state index is 0.539. The van der Waals surface area contributed by atoms with Crippen LogP contribution in [0.25, 0.3) is 5.57 Å². The van der Waals surface area contributed by atoms with E-state index >= 15 is 0 Å². The molecule has 0 saturated carbocycles. The molecular formula is C8H13N5. The van der Waals surface area contributed by atoms with Crippen molar-refractivity contribution in [2.45, 2.75) is 6.92 Å². The number of hydrogen-bond donors (Lipinski definition) is 2. The molecule has 1 heterocycles. The Kier molecular flexibility index (Phi) is 2.79. The fraction of sp³-hybridized carbons (Fsp3) is 0.375. The normalized spacial score (nSPS) is 9.46. The zero-order valence-electron chi connectivity index (χ0n) is 8.05. The summed E-state index contributed by atoms with van der Waals surface area (Å²) < 4.78 is 0. The van der Waals surface area contributed by atoms with E-state index in [1.165, 1.54) is 0 Å². The van der Waals surface area contributed by atoms with Crippen molar-refractivity contribution < 1.29 is 0 Å². The van der Waals surface area contributed by atoms with Gasteiger partial charge in [-0.05, 0) is 12.5 Å². The first-order valence-electron chi connectivity index (χ1n) is 3.95. The van der Waals surface area contributed by atoms with Gasteiger partial charge in [-0.15, -0.1) is 0 Å². The SMILES string of the molecule is C=C(C)c1nc(NC)nc(NC)n1. The van der Waals surface area contributed by atoms with Gasteiger partial charge in [-0.3, -0.25) is 0 Å². The topological polar surface area (TPSA) is 62.7 Å². The van der Waals surface area contributed by atoms with Crippen LogP contribution in [0.3, 0.4) is 0 Å². The fourth-order valence-electron chi connectivity index (χ4n) is 0.790. The molecule has 0 spiro atoms. The van der Waals surface area contributed by atoms with E-state index in [0.717, 1.165) is 5.57 Å². The minimum Gasteiger partial charge on any atom is -0.357 e. The second kappa shape index (κ2) is 3.84. The van der Waals surface area contributed by atoms with Gasteiger partial charge < -0.3 is 10.6 Å². The first-order chi connectivity index (χ1) is 6.17. The highest BCUT2D eigenvalue weighted by Gasteiger charge is 2.03. The fourth-order valence-corrected chi connectivity index (χ4v) is 0.790. The van der Waals surface area contributed by atoms with E-state index < -0.39 is 0 Å². The van der Waals surface area contributed by atoms with Crippen LogP contribution < -0.4 is 10.6 Å². The smallest absolute Gasteiger partial charge is 0.227 e. The summed E-state index contributed by atoms with van der Waals surface area (Å²) in [6, 6.07) is 0. The first-order valence-corrected chi connectivity index (χ1v) is 3.95. The zero-order valence-corrected chi connectivity index (χ0v) is 8.05. The van der Waals surface area contributed by atoms with Crippen LogP contribution in [0.4, 0.5) is 11.9 Å². The van der Waals surface area contributed by atoms with Crippen molar-refractivity contribution in [2.24, 2.45) is 0 Å². The molecule has 70 valence electrons. The molecule has 1 rings (SSSR count). The zero-order chi connectivity index (χ0) is 9.84. The maximum Gasteiger partial charge on any atom is 0.227 e. The Morgan fingerprint density at radius 2 is 1.54 bits per heavy atom. The molecule has 13 heavy (non-hydrogen) atoms. The van der Waals surface area contributed by atoms with Gasteiger partial charge in [0.05, 0.1) is 0 Å². The Hall–Kier alpha value is -1.65. The molecular weight excluding hydrogens is 166 g/mol. The van der Waals surface area contributed by atoms with Crippen molar-refractivity contribution in [3.8, 4) is 0 Å². The summed E-state index contributed by atoms with van der Waals surface area (Å²) in [5, 5.41) is 5.71. The molecule has 0 aliphatic heterocycles. The second-order valence-corrected chi connectivity index (χ2v) is 2.59. The molecule has 0 atom stereocenters. The van der Waals surface area contributed by atoms with Gasteiger partial charge >= 0.3 is 0 Å². The van der Waals surface area contributed by atoms with E-state index in [2.05, 4.69) is 32.2 Å². The van der Waals surface area contributed by atoms with Gasteiger partial charge in [-0.25, -0.2) is 0 Å². The van der Waals surface area contributed by atoms with E-state index in [9.17, 15) is 0 Å². The molecule has 0 aromatic carbocycles. The van der Waals surface area contributed by atoms with Crippen molar-refractivity contribution in [1.82, 2.24) is 15.0 Å². The van der Waals surface area contributed by atoms with E-state index in [1.54, 1.807) is 14.1 Å². The molecule has 1 aromatic heterocycles. The standard InChI is InChI=1S/C8H13N5/c1-5(2)6-11-7(9-3)13-8(10-4)12-6/h1H2,2-4H3,(H2,9,10,11,12,13). The average molecular weight is 179 g/mol. The van der Waals surface area contributed by atoms with E-state index in [-0.39, 0.29) is 0 Å². The second-order valence-electron chi connectivity index (χ2n) is 2.59. The molecule has 0 amide bonds. The van der Waals surface area contributed by atoms with Gasteiger partial charge in [0.25, 0.3) is 0 Å². The predicted molar refractivity (Wildman–Crippen MR) is 53.6 cm³/mol. The lowest BCUT2D eigenvalue weighted by Gasteiger charge is -2.04. The summed E-state index contributed by atoms with van der Waals surface area (Å²) in [5.74, 6) is 1.68. The van der Waals surface area contributed by atoms with Crippen LogP contribution in [0.2, 0.25) is 0 Å². The van der Waals surface area contributed by atoms with Crippen molar-refractivity contribution in [1.29, 1.82) is 0 Å². The van der Waals surface area contributed by atoms with Crippen molar-refractivity contribution in [3.05, 3.63) is 12.4 Å². The van der Waals surface area contributed by atoms with E-state index in [0.29, 0.717) is 17.7 Å². The van der Waals surface area contributed by atoms with Crippen LogP contribution in [0.15, 0.2) is 6.58 Å². The Labute approximate surface area is 77.3 Å². The third kappa shape index (κ3) is 2.14. The van der Waals surface area contributed by atoms with Crippen LogP contribution in [0.5, 0.6) is 0 Å². The molecule has 0 fully saturated rings. The number of allylic oxidation sites excluding steroid dienone is 1. The number of aromatic nitrogens is 3. The van der Waals surface area contributed by atoms with Crippen molar-refractivity contribution >= 4 is 17.5 Å². The molecule has 0 bridgehead atoms. The molecule has 0 saturated heterocycles. The maximum absolute atomic E-state index is 4.13. The quantitative estimate of drug-likeness (QED) is 0.724. The summed E-state index contributed by atoms with van der Waals surface area (Å²) in [6.45, 7) is 5.62. The number of rotatable bonds is 3. The minimum absolute atomic E-state index is 0.539. The first kappa shape index (κ1) is 9.44. The molecule has 5 heteroatoms. The van der Waals surface area contributed by atoms with Gasteiger partial charge in [0.15, 0.2) is 5.82 Å².